The standard InChI is InChI=1S/C22H27N3O2/c1-14(22-9-15-6-16(10-22)8-17(7-15)11-22)24-20(26)13-25-21(27)19-5-3-2-4-18(19)12-23-25/h2-5,12,14-17H,6-11,13H2,1H3,(H,24,26). The molecule has 0 aliphatic heterocycles. The van der Waals surface area contributed by atoms with Gasteiger partial charge in [0.05, 0.1) is 11.6 Å². The highest BCUT2D eigenvalue weighted by molar-refractivity contribution is 5.81. The third kappa shape index (κ3) is 2.88. The average Bonchev–Trinajstić information content (AvgIpc) is 2.63. The van der Waals surface area contributed by atoms with E-state index < -0.39 is 0 Å². The summed E-state index contributed by atoms with van der Waals surface area (Å²) in [6.45, 7) is 2.15. The average molecular weight is 365 g/mol. The maximum Gasteiger partial charge on any atom is 0.275 e. The lowest BCUT2D eigenvalue weighted by molar-refractivity contribution is -0.126. The highest BCUT2D eigenvalue weighted by atomic mass is 16.2. The summed E-state index contributed by atoms with van der Waals surface area (Å²) in [5, 5.41) is 8.82. The zero-order chi connectivity index (χ0) is 18.6. The van der Waals surface area contributed by atoms with Crippen molar-refractivity contribution < 1.29 is 4.79 Å². The van der Waals surface area contributed by atoms with Gasteiger partial charge in [0.1, 0.15) is 6.54 Å². The predicted octanol–water partition coefficient (Wildman–Crippen LogP) is 3.12. The topological polar surface area (TPSA) is 64.0 Å². The summed E-state index contributed by atoms with van der Waals surface area (Å²) in [7, 11) is 0. The minimum atomic E-state index is -0.203. The molecule has 2 aromatic rings. The molecule has 1 atom stereocenters. The van der Waals surface area contributed by atoms with Crippen LogP contribution in [0.3, 0.4) is 0 Å². The number of hydrogen-bond acceptors (Lipinski definition) is 3. The number of carbonyl (C=O) groups is 1. The molecule has 4 aliphatic carbocycles. The van der Waals surface area contributed by atoms with Crippen LogP contribution in [0.15, 0.2) is 35.3 Å². The quantitative estimate of drug-likeness (QED) is 0.905. The SMILES string of the molecule is CC(NC(=O)Cn1ncc2ccccc2c1=O)C12CC3CC(CC(C3)C1)C2. The normalized spacial score (nSPS) is 32.6. The molecule has 5 heteroatoms. The number of hydrogen-bond donors (Lipinski definition) is 1. The van der Waals surface area contributed by atoms with Crippen LogP contribution in [0.1, 0.15) is 45.4 Å². The van der Waals surface area contributed by atoms with Crippen LogP contribution in [0.4, 0.5) is 0 Å². The van der Waals surface area contributed by atoms with Crippen molar-refractivity contribution in [3.63, 3.8) is 0 Å². The first kappa shape index (κ1) is 17.0. The lowest BCUT2D eigenvalue weighted by Crippen LogP contribution is -2.56. The molecule has 142 valence electrons. The van der Waals surface area contributed by atoms with Crippen molar-refractivity contribution >= 4 is 16.7 Å². The first-order valence-electron chi connectivity index (χ1n) is 10.3. The van der Waals surface area contributed by atoms with Crippen LogP contribution >= 0.6 is 0 Å². The van der Waals surface area contributed by atoms with E-state index in [2.05, 4.69) is 17.3 Å². The summed E-state index contributed by atoms with van der Waals surface area (Å²) in [6, 6.07) is 7.53. The summed E-state index contributed by atoms with van der Waals surface area (Å²) in [5.74, 6) is 2.48. The van der Waals surface area contributed by atoms with Crippen molar-refractivity contribution in [2.45, 2.75) is 58.0 Å². The summed E-state index contributed by atoms with van der Waals surface area (Å²) in [5.41, 5.74) is 0.0670. The van der Waals surface area contributed by atoms with Crippen LogP contribution in [0.5, 0.6) is 0 Å². The lowest BCUT2D eigenvalue weighted by Gasteiger charge is -2.59. The van der Waals surface area contributed by atoms with Crippen molar-refractivity contribution in [2.24, 2.45) is 23.2 Å². The molecule has 5 nitrogen and oxygen atoms in total. The molecule has 4 aliphatic rings. The Labute approximate surface area is 159 Å². The van der Waals surface area contributed by atoms with E-state index in [4.69, 9.17) is 0 Å². The number of carbonyl (C=O) groups excluding carboxylic acids is 1. The maximum atomic E-state index is 12.7. The van der Waals surface area contributed by atoms with Gasteiger partial charge < -0.3 is 5.32 Å². The summed E-state index contributed by atoms with van der Waals surface area (Å²) < 4.78 is 1.28. The number of aromatic nitrogens is 2. The largest absolute Gasteiger partial charge is 0.351 e. The molecular weight excluding hydrogens is 338 g/mol. The van der Waals surface area contributed by atoms with Crippen molar-refractivity contribution in [1.82, 2.24) is 15.1 Å². The molecule has 1 aromatic heterocycles. The number of amides is 1. The molecular formula is C22H27N3O2. The Morgan fingerprint density at radius 2 is 1.81 bits per heavy atom. The van der Waals surface area contributed by atoms with Gasteiger partial charge >= 0.3 is 0 Å². The van der Waals surface area contributed by atoms with E-state index in [0.29, 0.717) is 5.39 Å². The molecule has 6 rings (SSSR count). The van der Waals surface area contributed by atoms with Gasteiger partial charge in [0.2, 0.25) is 5.91 Å². The molecule has 0 spiro atoms. The molecule has 4 fully saturated rings. The third-order valence-electron chi connectivity index (χ3n) is 7.44. The van der Waals surface area contributed by atoms with Gasteiger partial charge in [0.15, 0.2) is 0 Å². The van der Waals surface area contributed by atoms with E-state index >= 15 is 0 Å². The van der Waals surface area contributed by atoms with E-state index in [1.54, 1.807) is 12.3 Å². The summed E-state index contributed by atoms with van der Waals surface area (Å²) >= 11 is 0. The molecule has 1 aromatic carbocycles. The fourth-order valence-corrected chi connectivity index (χ4v) is 6.52. The zero-order valence-electron chi connectivity index (χ0n) is 15.9. The molecule has 1 N–H and O–H groups in total. The van der Waals surface area contributed by atoms with Crippen molar-refractivity contribution in [3.8, 4) is 0 Å². The summed E-state index contributed by atoms with van der Waals surface area (Å²) in [4.78, 5) is 25.3. The van der Waals surface area contributed by atoms with Crippen molar-refractivity contribution in [1.29, 1.82) is 0 Å². The van der Waals surface area contributed by atoms with Crippen LogP contribution in [-0.4, -0.2) is 21.7 Å². The molecule has 1 unspecified atom stereocenters. The van der Waals surface area contributed by atoms with Gasteiger partial charge in [0, 0.05) is 11.4 Å². The Hall–Kier alpha value is -2.17. The monoisotopic (exact) mass is 365 g/mol. The highest BCUT2D eigenvalue weighted by Crippen LogP contribution is 2.61. The van der Waals surface area contributed by atoms with Gasteiger partial charge in [0.25, 0.3) is 5.56 Å². The Balaban J connectivity index is 1.31. The highest BCUT2D eigenvalue weighted by Gasteiger charge is 2.53. The van der Waals surface area contributed by atoms with Gasteiger partial charge in [-0.25, -0.2) is 4.68 Å². The van der Waals surface area contributed by atoms with Crippen LogP contribution < -0.4 is 10.9 Å². The van der Waals surface area contributed by atoms with E-state index in [1.165, 1.54) is 43.2 Å². The fraction of sp³-hybridized carbons (Fsp3) is 0.591. The van der Waals surface area contributed by atoms with Gasteiger partial charge in [-0.15, -0.1) is 0 Å². The Morgan fingerprint density at radius 3 is 2.48 bits per heavy atom. The predicted molar refractivity (Wildman–Crippen MR) is 104 cm³/mol. The number of nitrogens with one attached hydrogen (secondary N) is 1. The zero-order valence-corrected chi connectivity index (χ0v) is 15.9. The minimum absolute atomic E-state index is 0.0135. The van der Waals surface area contributed by atoms with Crippen molar-refractivity contribution in [2.75, 3.05) is 0 Å². The molecule has 4 saturated carbocycles. The number of nitrogens with zero attached hydrogens (tertiary/aromatic N) is 2. The Kier molecular flexibility index (Phi) is 3.88. The maximum absolute atomic E-state index is 12.7. The Morgan fingerprint density at radius 1 is 1.19 bits per heavy atom. The second-order valence-electron chi connectivity index (χ2n) is 9.26. The lowest BCUT2D eigenvalue weighted by atomic mass is 9.48. The molecule has 4 bridgehead atoms. The molecule has 0 radical (unpaired) electrons. The number of rotatable bonds is 4. The molecule has 0 saturated heterocycles. The number of benzene rings is 1. The first-order valence-corrected chi connectivity index (χ1v) is 10.3. The van der Waals surface area contributed by atoms with Crippen LogP contribution in [-0.2, 0) is 11.3 Å². The fourth-order valence-electron chi connectivity index (χ4n) is 6.52. The molecule has 1 heterocycles. The minimum Gasteiger partial charge on any atom is -0.351 e. The Bertz CT molecular complexity index is 913. The smallest absolute Gasteiger partial charge is 0.275 e. The van der Waals surface area contributed by atoms with E-state index in [1.807, 2.05) is 18.2 Å². The van der Waals surface area contributed by atoms with Crippen molar-refractivity contribution in [3.05, 3.63) is 40.8 Å². The van der Waals surface area contributed by atoms with Crippen LogP contribution in [0.25, 0.3) is 10.8 Å². The van der Waals surface area contributed by atoms with E-state index in [-0.39, 0.29) is 29.5 Å². The molecule has 1 amide bonds. The van der Waals surface area contributed by atoms with Gasteiger partial charge in [-0.05, 0) is 74.7 Å². The second-order valence-corrected chi connectivity index (χ2v) is 9.26. The second kappa shape index (κ2) is 6.18. The van der Waals surface area contributed by atoms with E-state index in [0.717, 1.165) is 23.1 Å². The molecule has 27 heavy (non-hydrogen) atoms. The van der Waals surface area contributed by atoms with Crippen LogP contribution in [0, 0.1) is 23.2 Å². The van der Waals surface area contributed by atoms with Gasteiger partial charge in [-0.3, -0.25) is 9.59 Å². The first-order chi connectivity index (χ1) is 13.0. The number of fused-ring (bicyclic) bond motifs is 1. The van der Waals surface area contributed by atoms with E-state index in [9.17, 15) is 9.59 Å². The van der Waals surface area contributed by atoms with Gasteiger partial charge in [-0.1, -0.05) is 18.2 Å². The van der Waals surface area contributed by atoms with Gasteiger partial charge in [-0.2, -0.15) is 5.10 Å². The van der Waals surface area contributed by atoms with Crippen LogP contribution in [0.2, 0.25) is 0 Å². The third-order valence-corrected chi connectivity index (χ3v) is 7.44. The summed E-state index contributed by atoms with van der Waals surface area (Å²) in [6.07, 6.45) is 9.63.